The summed E-state index contributed by atoms with van der Waals surface area (Å²) in [5, 5.41) is 0. The minimum Gasteiger partial charge on any atom is -0.466 e. The highest BCUT2D eigenvalue weighted by atomic mass is 79.9. The summed E-state index contributed by atoms with van der Waals surface area (Å²) in [6.45, 7) is 2.39. The lowest BCUT2D eigenvalue weighted by Gasteiger charge is -2.46. The lowest BCUT2D eigenvalue weighted by molar-refractivity contribution is -0.145. The monoisotopic (exact) mass is 386 g/mol. The largest absolute Gasteiger partial charge is 0.466 e. The van der Waals surface area contributed by atoms with Gasteiger partial charge in [0, 0.05) is 11.2 Å². The van der Waals surface area contributed by atoms with E-state index in [1.807, 2.05) is 6.92 Å². The van der Waals surface area contributed by atoms with Gasteiger partial charge in [-0.05, 0) is 56.8 Å². The Balaban J connectivity index is 1.57. The maximum atomic E-state index is 11.9. The van der Waals surface area contributed by atoms with Crippen LogP contribution in [0.3, 0.4) is 0 Å². The molecule has 5 atom stereocenters. The van der Waals surface area contributed by atoms with E-state index in [-0.39, 0.29) is 5.97 Å². The van der Waals surface area contributed by atoms with Crippen molar-refractivity contribution in [3.63, 3.8) is 0 Å². The summed E-state index contributed by atoms with van der Waals surface area (Å²) in [5.41, 5.74) is 0. The first-order valence-electron chi connectivity index (χ1n) is 9.62. The number of carbonyl (C=O) groups is 1. The van der Waals surface area contributed by atoms with Crippen molar-refractivity contribution >= 4 is 21.9 Å². The van der Waals surface area contributed by atoms with Crippen molar-refractivity contribution in [3.05, 3.63) is 0 Å². The summed E-state index contributed by atoms with van der Waals surface area (Å²) in [4.78, 5) is 12.4. The smallest absolute Gasteiger partial charge is 0.306 e. The van der Waals surface area contributed by atoms with E-state index in [0.717, 1.165) is 12.3 Å². The zero-order chi connectivity index (χ0) is 16.2. The molecule has 0 N–H and O–H groups in total. The molecule has 3 fully saturated rings. The second kappa shape index (κ2) is 8.33. The molecule has 0 saturated heterocycles. The second-order valence-electron chi connectivity index (χ2n) is 7.69. The molecule has 4 heteroatoms. The summed E-state index contributed by atoms with van der Waals surface area (Å²) in [6, 6.07) is 0. The zero-order valence-electron chi connectivity index (χ0n) is 14.3. The van der Waals surface area contributed by atoms with Gasteiger partial charge in [0.2, 0.25) is 0 Å². The molecule has 3 aliphatic carbocycles. The number of fused-ring (bicyclic) bond motifs is 1. The molecule has 0 aromatic rings. The van der Waals surface area contributed by atoms with Gasteiger partial charge < -0.3 is 9.47 Å². The van der Waals surface area contributed by atoms with Gasteiger partial charge in [-0.1, -0.05) is 41.6 Å². The maximum absolute atomic E-state index is 11.9. The van der Waals surface area contributed by atoms with Crippen molar-refractivity contribution in [1.29, 1.82) is 0 Å². The fourth-order valence-corrected chi connectivity index (χ4v) is 5.86. The standard InChI is InChI=1S/C19H31BrO3/c1-2-22-19(21)11-14-7-5-6-13-10-18(17(20)12-16(13)14)23-15-8-3-4-9-15/h13-18H,2-12H2,1H3. The molecule has 0 amide bonds. The van der Waals surface area contributed by atoms with Crippen molar-refractivity contribution in [3.8, 4) is 0 Å². The van der Waals surface area contributed by atoms with E-state index in [2.05, 4.69) is 15.9 Å². The molecular weight excluding hydrogens is 356 g/mol. The molecule has 3 aliphatic rings. The maximum Gasteiger partial charge on any atom is 0.306 e. The van der Waals surface area contributed by atoms with Gasteiger partial charge in [0.05, 0.1) is 18.8 Å². The van der Waals surface area contributed by atoms with Crippen LogP contribution in [0.1, 0.15) is 71.1 Å². The molecule has 132 valence electrons. The number of hydrogen-bond acceptors (Lipinski definition) is 3. The average molecular weight is 387 g/mol. The van der Waals surface area contributed by atoms with Gasteiger partial charge in [-0.2, -0.15) is 0 Å². The molecule has 0 bridgehead atoms. The normalized spacial score (nSPS) is 38.3. The highest BCUT2D eigenvalue weighted by molar-refractivity contribution is 9.09. The third-order valence-corrected chi connectivity index (χ3v) is 7.16. The van der Waals surface area contributed by atoms with E-state index in [1.165, 1.54) is 51.4 Å². The SMILES string of the molecule is CCOC(=O)CC1CCCC2CC(OC3CCCC3)C(Br)CC12. The van der Waals surface area contributed by atoms with Crippen molar-refractivity contribution < 1.29 is 14.3 Å². The summed E-state index contributed by atoms with van der Waals surface area (Å²) in [7, 11) is 0. The van der Waals surface area contributed by atoms with Gasteiger partial charge in [-0.3, -0.25) is 4.79 Å². The first kappa shape index (κ1) is 17.7. The van der Waals surface area contributed by atoms with E-state index >= 15 is 0 Å². The van der Waals surface area contributed by atoms with Crippen LogP contribution in [0.2, 0.25) is 0 Å². The molecule has 0 aliphatic heterocycles. The van der Waals surface area contributed by atoms with E-state index < -0.39 is 0 Å². The van der Waals surface area contributed by atoms with Crippen LogP contribution >= 0.6 is 15.9 Å². The fourth-order valence-electron chi connectivity index (χ4n) is 5.09. The van der Waals surface area contributed by atoms with Gasteiger partial charge in [0.15, 0.2) is 0 Å². The van der Waals surface area contributed by atoms with Gasteiger partial charge in [-0.25, -0.2) is 0 Å². The molecule has 0 aromatic heterocycles. The quantitative estimate of drug-likeness (QED) is 0.499. The third kappa shape index (κ3) is 4.50. The number of esters is 1. The zero-order valence-corrected chi connectivity index (χ0v) is 15.9. The van der Waals surface area contributed by atoms with Crippen LogP contribution in [0.15, 0.2) is 0 Å². The Labute approximate surface area is 149 Å². The Morgan fingerprint density at radius 3 is 2.61 bits per heavy atom. The first-order chi connectivity index (χ1) is 11.2. The molecule has 5 unspecified atom stereocenters. The Bertz CT molecular complexity index is 394. The van der Waals surface area contributed by atoms with Crippen LogP contribution in [0.4, 0.5) is 0 Å². The van der Waals surface area contributed by atoms with Crippen LogP contribution in [-0.2, 0) is 14.3 Å². The topological polar surface area (TPSA) is 35.5 Å². The molecule has 0 radical (unpaired) electrons. The number of halogens is 1. The van der Waals surface area contributed by atoms with Gasteiger partial charge in [0.1, 0.15) is 0 Å². The minimum atomic E-state index is -0.00592. The van der Waals surface area contributed by atoms with E-state index in [9.17, 15) is 4.79 Å². The van der Waals surface area contributed by atoms with Crippen LogP contribution < -0.4 is 0 Å². The highest BCUT2D eigenvalue weighted by Gasteiger charge is 2.43. The number of carbonyl (C=O) groups excluding carboxylic acids is 1. The first-order valence-corrected chi connectivity index (χ1v) is 10.5. The van der Waals surface area contributed by atoms with E-state index in [0.29, 0.717) is 41.9 Å². The Kier molecular flexibility index (Phi) is 6.42. The second-order valence-corrected chi connectivity index (χ2v) is 8.87. The fraction of sp³-hybridized carbons (Fsp3) is 0.947. The molecule has 3 saturated carbocycles. The number of hydrogen-bond donors (Lipinski definition) is 0. The van der Waals surface area contributed by atoms with Crippen LogP contribution in [0.5, 0.6) is 0 Å². The Morgan fingerprint density at radius 1 is 1.09 bits per heavy atom. The summed E-state index contributed by atoms with van der Waals surface area (Å²) in [6.07, 6.45) is 12.7. The minimum absolute atomic E-state index is 0.00592. The Hall–Kier alpha value is -0.0900. The predicted molar refractivity (Wildman–Crippen MR) is 94.6 cm³/mol. The van der Waals surface area contributed by atoms with Crippen molar-refractivity contribution in [1.82, 2.24) is 0 Å². The van der Waals surface area contributed by atoms with Crippen LogP contribution in [0.25, 0.3) is 0 Å². The van der Waals surface area contributed by atoms with E-state index in [1.54, 1.807) is 0 Å². The van der Waals surface area contributed by atoms with Crippen molar-refractivity contribution in [2.45, 2.75) is 88.2 Å². The number of rotatable bonds is 5. The molecule has 23 heavy (non-hydrogen) atoms. The molecule has 3 rings (SSSR count). The molecular formula is C19H31BrO3. The van der Waals surface area contributed by atoms with Crippen LogP contribution in [-0.4, -0.2) is 29.6 Å². The summed E-state index contributed by atoms with van der Waals surface area (Å²) in [5.74, 6) is 1.92. The number of alkyl halides is 1. The molecule has 0 spiro atoms. The summed E-state index contributed by atoms with van der Waals surface area (Å²) >= 11 is 3.91. The lowest BCUT2D eigenvalue weighted by atomic mass is 9.64. The highest BCUT2D eigenvalue weighted by Crippen LogP contribution is 2.48. The summed E-state index contributed by atoms with van der Waals surface area (Å²) < 4.78 is 11.6. The average Bonchev–Trinajstić information content (AvgIpc) is 3.02. The lowest BCUT2D eigenvalue weighted by Crippen LogP contribution is -2.43. The van der Waals surface area contributed by atoms with Gasteiger partial charge in [0.25, 0.3) is 0 Å². The van der Waals surface area contributed by atoms with Crippen molar-refractivity contribution in [2.75, 3.05) is 6.61 Å². The number of ether oxygens (including phenoxy) is 2. The van der Waals surface area contributed by atoms with Crippen LogP contribution in [0, 0.1) is 17.8 Å². The molecule has 0 aromatic carbocycles. The van der Waals surface area contributed by atoms with Crippen molar-refractivity contribution in [2.24, 2.45) is 17.8 Å². The van der Waals surface area contributed by atoms with Gasteiger partial charge in [-0.15, -0.1) is 0 Å². The third-order valence-electron chi connectivity index (χ3n) is 6.20. The predicted octanol–water partition coefficient (Wildman–Crippen LogP) is 4.86. The molecule has 3 nitrogen and oxygen atoms in total. The van der Waals surface area contributed by atoms with Gasteiger partial charge >= 0.3 is 5.97 Å². The van der Waals surface area contributed by atoms with E-state index in [4.69, 9.17) is 9.47 Å². The Morgan fingerprint density at radius 2 is 1.87 bits per heavy atom. The molecule has 0 heterocycles.